The van der Waals surface area contributed by atoms with Gasteiger partial charge < -0.3 is 0 Å². The Morgan fingerprint density at radius 3 is 2.34 bits per heavy atom. The number of benzene rings is 3. The highest BCUT2D eigenvalue weighted by Crippen LogP contribution is 2.39. The minimum absolute atomic E-state index is 0.300. The zero-order valence-electron chi connectivity index (χ0n) is 15.4. The fourth-order valence-electron chi connectivity index (χ4n) is 2.90. The maximum atomic E-state index is 12.7. The van der Waals surface area contributed by atoms with Crippen molar-refractivity contribution in [2.24, 2.45) is 0 Å². The molecule has 0 unspecified atom stereocenters. The van der Waals surface area contributed by atoms with Crippen LogP contribution in [0, 0.1) is 6.92 Å². The lowest BCUT2D eigenvalue weighted by Gasteiger charge is -2.04. The number of amides is 1. The lowest BCUT2D eigenvalue weighted by molar-refractivity contribution is 0.102. The summed E-state index contributed by atoms with van der Waals surface area (Å²) >= 11 is 13.5. The lowest BCUT2D eigenvalue weighted by atomic mass is 10.1. The Hall–Kier alpha value is -2.66. The number of aromatic nitrogens is 1. The minimum Gasteiger partial charge on any atom is -0.298 e. The Kier molecular flexibility index (Phi) is 5.67. The number of anilines is 1. The molecule has 3 nitrogen and oxygen atoms in total. The van der Waals surface area contributed by atoms with Crippen LogP contribution in [0.2, 0.25) is 10.0 Å². The molecular weight excluding hydrogens is 423 g/mol. The molecule has 0 aliphatic rings. The first-order valence-corrected chi connectivity index (χ1v) is 10.5. The molecule has 1 N–H and O–H groups in total. The van der Waals surface area contributed by atoms with E-state index in [-0.39, 0.29) is 5.91 Å². The molecule has 1 heterocycles. The number of hydrogen-bond acceptors (Lipinski definition) is 3. The summed E-state index contributed by atoms with van der Waals surface area (Å²) in [5.41, 5.74) is 4.41. The Morgan fingerprint density at radius 2 is 1.66 bits per heavy atom. The molecule has 144 valence electrons. The van der Waals surface area contributed by atoms with Gasteiger partial charge in [0.2, 0.25) is 0 Å². The van der Waals surface area contributed by atoms with Gasteiger partial charge in [0.1, 0.15) is 0 Å². The number of carbonyl (C=O) groups is 1. The van der Waals surface area contributed by atoms with E-state index < -0.39 is 0 Å². The van der Waals surface area contributed by atoms with Crippen LogP contribution in [-0.2, 0) is 0 Å². The Labute approximate surface area is 183 Å². The number of carbonyl (C=O) groups excluding carboxylic acids is 1. The molecule has 6 heteroatoms. The van der Waals surface area contributed by atoms with Gasteiger partial charge in [-0.3, -0.25) is 10.1 Å². The molecule has 29 heavy (non-hydrogen) atoms. The van der Waals surface area contributed by atoms with Crippen LogP contribution >= 0.6 is 34.5 Å². The number of nitrogens with one attached hydrogen (secondary N) is 1. The summed E-state index contributed by atoms with van der Waals surface area (Å²) < 4.78 is 0. The second kappa shape index (κ2) is 8.37. The van der Waals surface area contributed by atoms with E-state index in [0.29, 0.717) is 20.7 Å². The van der Waals surface area contributed by atoms with Gasteiger partial charge in [-0.1, -0.05) is 94.7 Å². The fourth-order valence-corrected chi connectivity index (χ4v) is 4.39. The minimum atomic E-state index is -0.324. The third-order valence-corrected chi connectivity index (χ3v) is 5.95. The van der Waals surface area contributed by atoms with Gasteiger partial charge in [-0.25, -0.2) is 4.98 Å². The van der Waals surface area contributed by atoms with Gasteiger partial charge in [0.15, 0.2) is 5.13 Å². The van der Waals surface area contributed by atoms with Gasteiger partial charge >= 0.3 is 0 Å². The van der Waals surface area contributed by atoms with E-state index >= 15 is 0 Å². The van der Waals surface area contributed by atoms with Crippen molar-refractivity contribution in [2.75, 3.05) is 5.32 Å². The van der Waals surface area contributed by atoms with E-state index in [1.165, 1.54) is 16.9 Å². The van der Waals surface area contributed by atoms with Crippen LogP contribution in [0.5, 0.6) is 0 Å². The fraction of sp³-hybridized carbons (Fsp3) is 0.0435. The molecule has 0 atom stereocenters. The summed E-state index contributed by atoms with van der Waals surface area (Å²) in [5.74, 6) is -0.324. The summed E-state index contributed by atoms with van der Waals surface area (Å²) in [4.78, 5) is 18.4. The third kappa shape index (κ3) is 4.35. The maximum absolute atomic E-state index is 12.7. The van der Waals surface area contributed by atoms with E-state index in [4.69, 9.17) is 28.2 Å². The third-order valence-electron chi connectivity index (χ3n) is 4.38. The highest BCUT2D eigenvalue weighted by Gasteiger charge is 2.18. The molecule has 0 radical (unpaired) electrons. The van der Waals surface area contributed by atoms with Crippen LogP contribution in [0.4, 0.5) is 5.13 Å². The van der Waals surface area contributed by atoms with Gasteiger partial charge in [0.05, 0.1) is 21.2 Å². The summed E-state index contributed by atoms with van der Waals surface area (Å²) in [6.07, 6.45) is 0. The number of aryl methyl sites for hydroxylation is 1. The van der Waals surface area contributed by atoms with Crippen molar-refractivity contribution in [1.82, 2.24) is 4.98 Å². The van der Waals surface area contributed by atoms with E-state index in [0.717, 1.165) is 21.7 Å². The molecule has 0 bridgehead atoms. The highest BCUT2D eigenvalue weighted by molar-refractivity contribution is 7.19. The summed E-state index contributed by atoms with van der Waals surface area (Å²) in [7, 11) is 0. The van der Waals surface area contributed by atoms with Gasteiger partial charge in [-0.2, -0.15) is 0 Å². The first-order chi connectivity index (χ1) is 14.0. The molecular formula is C23H16Cl2N2OS. The van der Waals surface area contributed by atoms with Crippen LogP contribution in [0.1, 0.15) is 15.9 Å². The van der Waals surface area contributed by atoms with Crippen molar-refractivity contribution in [3.8, 4) is 21.7 Å². The van der Waals surface area contributed by atoms with Crippen molar-refractivity contribution in [2.45, 2.75) is 6.92 Å². The molecule has 0 aliphatic carbocycles. The van der Waals surface area contributed by atoms with Crippen molar-refractivity contribution >= 4 is 45.6 Å². The van der Waals surface area contributed by atoms with Crippen LogP contribution < -0.4 is 5.32 Å². The molecule has 3 aromatic carbocycles. The molecule has 1 aromatic heterocycles. The van der Waals surface area contributed by atoms with E-state index in [9.17, 15) is 4.79 Å². The SMILES string of the molecule is Cc1ccc(-c2sc(NC(=O)c3ccc(Cl)cc3Cl)nc2-c2ccccc2)cc1. The first-order valence-electron chi connectivity index (χ1n) is 8.91. The quantitative estimate of drug-likeness (QED) is 0.361. The molecule has 0 saturated carbocycles. The molecule has 0 fully saturated rings. The Balaban J connectivity index is 1.73. The van der Waals surface area contributed by atoms with Crippen LogP contribution in [-0.4, -0.2) is 10.9 Å². The number of hydrogen-bond donors (Lipinski definition) is 1. The topological polar surface area (TPSA) is 42.0 Å². The van der Waals surface area contributed by atoms with E-state index in [1.807, 2.05) is 30.3 Å². The van der Waals surface area contributed by atoms with Gasteiger partial charge in [0.25, 0.3) is 5.91 Å². The largest absolute Gasteiger partial charge is 0.298 e. The van der Waals surface area contributed by atoms with Crippen molar-refractivity contribution < 1.29 is 4.79 Å². The summed E-state index contributed by atoms with van der Waals surface area (Å²) in [6.45, 7) is 2.05. The van der Waals surface area contributed by atoms with E-state index in [2.05, 4.69) is 36.5 Å². The molecule has 0 aliphatic heterocycles. The average Bonchev–Trinajstić information content (AvgIpc) is 3.13. The van der Waals surface area contributed by atoms with Crippen molar-refractivity contribution in [3.05, 3.63) is 94.0 Å². The van der Waals surface area contributed by atoms with Crippen LogP contribution in [0.25, 0.3) is 21.7 Å². The molecule has 0 saturated heterocycles. The van der Waals surface area contributed by atoms with Gasteiger partial charge in [-0.15, -0.1) is 0 Å². The second-order valence-electron chi connectivity index (χ2n) is 6.51. The van der Waals surface area contributed by atoms with Gasteiger partial charge in [-0.05, 0) is 30.7 Å². The number of rotatable bonds is 4. The predicted molar refractivity (Wildman–Crippen MR) is 122 cm³/mol. The first kappa shape index (κ1) is 19.6. The monoisotopic (exact) mass is 438 g/mol. The Bertz CT molecular complexity index is 1170. The zero-order valence-corrected chi connectivity index (χ0v) is 17.8. The normalized spacial score (nSPS) is 10.7. The van der Waals surface area contributed by atoms with Crippen LogP contribution in [0.15, 0.2) is 72.8 Å². The predicted octanol–water partition coefficient (Wildman–Crippen LogP) is 7.34. The smallest absolute Gasteiger partial charge is 0.258 e. The summed E-state index contributed by atoms with van der Waals surface area (Å²) in [6, 6.07) is 23.0. The van der Waals surface area contributed by atoms with Crippen molar-refractivity contribution in [1.29, 1.82) is 0 Å². The second-order valence-corrected chi connectivity index (χ2v) is 8.35. The van der Waals surface area contributed by atoms with Crippen LogP contribution in [0.3, 0.4) is 0 Å². The number of nitrogens with zero attached hydrogens (tertiary/aromatic N) is 1. The Morgan fingerprint density at radius 1 is 0.931 bits per heavy atom. The molecule has 1 amide bonds. The highest BCUT2D eigenvalue weighted by atomic mass is 35.5. The summed E-state index contributed by atoms with van der Waals surface area (Å²) in [5, 5.41) is 4.16. The average molecular weight is 439 g/mol. The maximum Gasteiger partial charge on any atom is 0.258 e. The lowest BCUT2D eigenvalue weighted by Crippen LogP contribution is -2.12. The van der Waals surface area contributed by atoms with Gasteiger partial charge in [0, 0.05) is 10.6 Å². The van der Waals surface area contributed by atoms with Crippen molar-refractivity contribution in [3.63, 3.8) is 0 Å². The number of halogens is 2. The molecule has 4 aromatic rings. The number of thiazole rings is 1. The molecule has 4 rings (SSSR count). The van der Waals surface area contributed by atoms with E-state index in [1.54, 1.807) is 18.2 Å². The molecule has 0 spiro atoms. The zero-order chi connectivity index (χ0) is 20.4. The standard InChI is InChI=1S/C23H16Cl2N2OS/c1-14-7-9-16(10-8-14)21-20(15-5-3-2-4-6-15)26-23(29-21)27-22(28)18-12-11-17(24)13-19(18)25/h2-13H,1H3,(H,26,27,28).